The van der Waals surface area contributed by atoms with Crippen LogP contribution in [0.25, 0.3) is 0 Å². The van der Waals surface area contributed by atoms with Crippen LogP contribution >= 0.6 is 0 Å². The first-order chi connectivity index (χ1) is 6.67. The van der Waals surface area contributed by atoms with Gasteiger partial charge in [-0.15, -0.1) is 0 Å². The van der Waals surface area contributed by atoms with Crippen LogP contribution < -0.4 is 0 Å². The summed E-state index contributed by atoms with van der Waals surface area (Å²) in [4.78, 5) is 24.1. The molecule has 1 saturated heterocycles. The lowest BCUT2D eigenvalue weighted by molar-refractivity contribution is -0.132. The van der Waals surface area contributed by atoms with Crippen molar-refractivity contribution in [2.24, 2.45) is 5.92 Å². The number of hydrogen-bond acceptors (Lipinski definition) is 2. The van der Waals surface area contributed by atoms with Crippen molar-refractivity contribution in [1.29, 1.82) is 0 Å². The Labute approximate surface area is 84.8 Å². The number of rotatable bonds is 4. The SMILES string of the molecule is CCC(=O)/C=C/C(=O)N1CC(CC)C1. The van der Waals surface area contributed by atoms with Crippen molar-refractivity contribution in [1.82, 2.24) is 4.90 Å². The molecule has 0 aromatic carbocycles. The van der Waals surface area contributed by atoms with Crippen molar-refractivity contribution < 1.29 is 9.59 Å². The fourth-order valence-corrected chi connectivity index (χ4v) is 1.40. The summed E-state index contributed by atoms with van der Waals surface area (Å²) < 4.78 is 0. The standard InChI is InChI=1S/C11H17NO2/c1-3-9-7-12(8-9)11(14)6-5-10(13)4-2/h5-6,9H,3-4,7-8H2,1-2H3/b6-5+. The lowest BCUT2D eigenvalue weighted by atomic mass is 9.97. The fourth-order valence-electron chi connectivity index (χ4n) is 1.40. The van der Waals surface area contributed by atoms with E-state index < -0.39 is 0 Å². The maximum absolute atomic E-state index is 11.4. The molecule has 0 unspecified atom stereocenters. The van der Waals surface area contributed by atoms with Gasteiger partial charge in [0.15, 0.2) is 5.78 Å². The molecule has 0 N–H and O–H groups in total. The van der Waals surface area contributed by atoms with Crippen molar-refractivity contribution in [3.05, 3.63) is 12.2 Å². The number of nitrogens with zero attached hydrogens (tertiary/aromatic N) is 1. The van der Waals surface area contributed by atoms with Gasteiger partial charge >= 0.3 is 0 Å². The zero-order chi connectivity index (χ0) is 10.6. The number of carbonyl (C=O) groups is 2. The lowest BCUT2D eigenvalue weighted by Gasteiger charge is -2.38. The Morgan fingerprint density at radius 3 is 2.43 bits per heavy atom. The predicted molar refractivity (Wildman–Crippen MR) is 54.8 cm³/mol. The molecule has 1 rings (SSSR count). The van der Waals surface area contributed by atoms with Gasteiger partial charge in [-0.1, -0.05) is 13.8 Å². The van der Waals surface area contributed by atoms with E-state index in [0.29, 0.717) is 12.3 Å². The molecule has 0 atom stereocenters. The molecule has 0 saturated carbocycles. The smallest absolute Gasteiger partial charge is 0.246 e. The molecule has 0 radical (unpaired) electrons. The van der Waals surface area contributed by atoms with Crippen LogP contribution in [0.1, 0.15) is 26.7 Å². The largest absolute Gasteiger partial charge is 0.338 e. The minimum absolute atomic E-state index is 0.00548. The third-order valence-electron chi connectivity index (χ3n) is 2.61. The topological polar surface area (TPSA) is 37.4 Å². The monoisotopic (exact) mass is 195 g/mol. The second-order valence-electron chi connectivity index (χ2n) is 3.67. The zero-order valence-electron chi connectivity index (χ0n) is 8.82. The highest BCUT2D eigenvalue weighted by Gasteiger charge is 2.27. The number of likely N-dealkylation sites (tertiary alicyclic amines) is 1. The Bertz CT molecular complexity index is 252. The predicted octanol–water partition coefficient (Wildman–Crippen LogP) is 1.39. The maximum atomic E-state index is 11.4. The van der Waals surface area contributed by atoms with E-state index in [9.17, 15) is 9.59 Å². The number of allylic oxidation sites excluding steroid dienone is 1. The van der Waals surface area contributed by atoms with E-state index in [2.05, 4.69) is 6.92 Å². The summed E-state index contributed by atoms with van der Waals surface area (Å²) in [6.07, 6.45) is 4.35. The highest BCUT2D eigenvalue weighted by Crippen LogP contribution is 2.18. The van der Waals surface area contributed by atoms with Crippen LogP contribution in [0.5, 0.6) is 0 Å². The van der Waals surface area contributed by atoms with Crippen molar-refractivity contribution in [2.45, 2.75) is 26.7 Å². The Hall–Kier alpha value is -1.12. The Balaban J connectivity index is 2.30. The number of ketones is 1. The van der Waals surface area contributed by atoms with Crippen LogP contribution in [0.15, 0.2) is 12.2 Å². The molecule has 1 heterocycles. The van der Waals surface area contributed by atoms with E-state index in [4.69, 9.17) is 0 Å². The first-order valence-corrected chi connectivity index (χ1v) is 5.17. The summed E-state index contributed by atoms with van der Waals surface area (Å²) in [5, 5.41) is 0. The third-order valence-corrected chi connectivity index (χ3v) is 2.61. The van der Waals surface area contributed by atoms with Gasteiger partial charge in [0.05, 0.1) is 0 Å². The molecule has 3 nitrogen and oxygen atoms in total. The second-order valence-corrected chi connectivity index (χ2v) is 3.67. The molecule has 0 aromatic heterocycles. The Kier molecular flexibility index (Phi) is 3.86. The fraction of sp³-hybridized carbons (Fsp3) is 0.636. The summed E-state index contributed by atoms with van der Waals surface area (Å²) >= 11 is 0. The molecule has 0 aliphatic carbocycles. The molecule has 1 aliphatic heterocycles. The molecule has 1 amide bonds. The van der Waals surface area contributed by atoms with Crippen LogP contribution in [-0.2, 0) is 9.59 Å². The molecular formula is C11H17NO2. The van der Waals surface area contributed by atoms with Gasteiger partial charge in [0.1, 0.15) is 0 Å². The average Bonchev–Trinajstić information content (AvgIpc) is 2.12. The van der Waals surface area contributed by atoms with Gasteiger partial charge < -0.3 is 4.90 Å². The molecule has 0 bridgehead atoms. The van der Waals surface area contributed by atoms with E-state index in [1.165, 1.54) is 12.2 Å². The minimum atomic E-state index is -0.0310. The summed E-state index contributed by atoms with van der Waals surface area (Å²) in [6, 6.07) is 0. The molecule has 0 aromatic rings. The molecular weight excluding hydrogens is 178 g/mol. The summed E-state index contributed by atoms with van der Waals surface area (Å²) in [6.45, 7) is 5.61. The molecule has 78 valence electrons. The van der Waals surface area contributed by atoms with E-state index in [1.807, 2.05) is 0 Å². The maximum Gasteiger partial charge on any atom is 0.246 e. The minimum Gasteiger partial charge on any atom is -0.338 e. The Morgan fingerprint density at radius 1 is 1.29 bits per heavy atom. The first kappa shape index (κ1) is 11.0. The summed E-state index contributed by atoms with van der Waals surface area (Å²) in [7, 11) is 0. The molecule has 1 fully saturated rings. The van der Waals surface area contributed by atoms with Crippen molar-refractivity contribution in [3.63, 3.8) is 0 Å². The lowest BCUT2D eigenvalue weighted by Crippen LogP contribution is -2.49. The van der Waals surface area contributed by atoms with E-state index >= 15 is 0 Å². The van der Waals surface area contributed by atoms with E-state index in [-0.39, 0.29) is 11.7 Å². The Morgan fingerprint density at radius 2 is 1.93 bits per heavy atom. The summed E-state index contributed by atoms with van der Waals surface area (Å²) in [5.41, 5.74) is 0. The first-order valence-electron chi connectivity index (χ1n) is 5.17. The van der Waals surface area contributed by atoms with Gasteiger partial charge in [-0.25, -0.2) is 0 Å². The van der Waals surface area contributed by atoms with Gasteiger partial charge in [0.25, 0.3) is 0 Å². The quantitative estimate of drug-likeness (QED) is 0.636. The molecule has 3 heteroatoms. The van der Waals surface area contributed by atoms with Gasteiger partial charge in [0, 0.05) is 25.6 Å². The highest BCUT2D eigenvalue weighted by molar-refractivity contribution is 5.97. The van der Waals surface area contributed by atoms with E-state index in [0.717, 1.165) is 19.5 Å². The van der Waals surface area contributed by atoms with E-state index in [1.54, 1.807) is 11.8 Å². The zero-order valence-corrected chi connectivity index (χ0v) is 8.82. The number of hydrogen-bond donors (Lipinski definition) is 0. The normalized spacial score (nSPS) is 17.1. The highest BCUT2D eigenvalue weighted by atomic mass is 16.2. The summed E-state index contributed by atoms with van der Waals surface area (Å²) in [5.74, 6) is 0.636. The van der Waals surface area contributed by atoms with Crippen molar-refractivity contribution in [3.8, 4) is 0 Å². The van der Waals surface area contributed by atoms with Crippen LogP contribution in [-0.4, -0.2) is 29.7 Å². The molecule has 14 heavy (non-hydrogen) atoms. The molecule has 0 spiro atoms. The van der Waals surface area contributed by atoms with Crippen LogP contribution in [0.4, 0.5) is 0 Å². The average molecular weight is 195 g/mol. The second kappa shape index (κ2) is 4.94. The number of amides is 1. The van der Waals surface area contributed by atoms with Crippen LogP contribution in [0.2, 0.25) is 0 Å². The van der Waals surface area contributed by atoms with Crippen LogP contribution in [0.3, 0.4) is 0 Å². The number of carbonyl (C=O) groups excluding carboxylic acids is 2. The van der Waals surface area contributed by atoms with Gasteiger partial charge in [-0.3, -0.25) is 9.59 Å². The van der Waals surface area contributed by atoms with Crippen LogP contribution in [0, 0.1) is 5.92 Å². The van der Waals surface area contributed by atoms with Crippen molar-refractivity contribution in [2.75, 3.05) is 13.1 Å². The van der Waals surface area contributed by atoms with Crippen molar-refractivity contribution >= 4 is 11.7 Å². The third kappa shape index (κ3) is 2.69. The van der Waals surface area contributed by atoms with Gasteiger partial charge in [-0.2, -0.15) is 0 Å². The molecule has 1 aliphatic rings. The van der Waals surface area contributed by atoms with Gasteiger partial charge in [-0.05, 0) is 18.4 Å². The van der Waals surface area contributed by atoms with Gasteiger partial charge in [0.2, 0.25) is 5.91 Å².